The SMILES string of the molecule is CN(C)c1ccc(/N=N/c2ccc(C(=O)C(C)(C)C)cc2)cc1. The molecule has 0 bridgehead atoms. The van der Waals surface area contributed by atoms with E-state index in [2.05, 4.69) is 10.2 Å². The first kappa shape index (κ1) is 16.9. The second kappa shape index (κ2) is 6.73. The zero-order valence-corrected chi connectivity index (χ0v) is 14.4. The van der Waals surface area contributed by atoms with E-state index in [1.54, 1.807) is 12.1 Å². The minimum absolute atomic E-state index is 0.125. The van der Waals surface area contributed by atoms with Gasteiger partial charge in [0, 0.05) is 30.8 Å². The highest BCUT2D eigenvalue weighted by atomic mass is 16.1. The van der Waals surface area contributed by atoms with Gasteiger partial charge in [-0.05, 0) is 48.5 Å². The average Bonchev–Trinajstić information content (AvgIpc) is 2.52. The van der Waals surface area contributed by atoms with E-state index in [0.29, 0.717) is 5.56 Å². The fraction of sp³-hybridized carbons (Fsp3) is 0.316. The van der Waals surface area contributed by atoms with Crippen LogP contribution in [0.2, 0.25) is 0 Å². The Hall–Kier alpha value is -2.49. The Bertz CT molecular complexity index is 693. The monoisotopic (exact) mass is 309 g/mol. The lowest BCUT2D eigenvalue weighted by molar-refractivity contribution is 0.0858. The molecule has 2 aromatic rings. The Kier molecular flexibility index (Phi) is 4.94. The summed E-state index contributed by atoms with van der Waals surface area (Å²) in [5.41, 5.74) is 2.97. The van der Waals surface area contributed by atoms with Gasteiger partial charge >= 0.3 is 0 Å². The quantitative estimate of drug-likeness (QED) is 0.561. The molecule has 0 N–H and O–H groups in total. The van der Waals surface area contributed by atoms with Crippen molar-refractivity contribution in [1.82, 2.24) is 0 Å². The molecule has 0 atom stereocenters. The number of hydrogen-bond acceptors (Lipinski definition) is 4. The maximum absolute atomic E-state index is 12.2. The van der Waals surface area contributed by atoms with Crippen molar-refractivity contribution in [3.63, 3.8) is 0 Å². The van der Waals surface area contributed by atoms with Crippen LogP contribution in [-0.4, -0.2) is 19.9 Å². The van der Waals surface area contributed by atoms with Crippen LogP contribution in [0.5, 0.6) is 0 Å². The molecule has 0 saturated heterocycles. The summed E-state index contributed by atoms with van der Waals surface area (Å²) in [7, 11) is 3.99. The van der Waals surface area contributed by atoms with Crippen molar-refractivity contribution in [2.45, 2.75) is 20.8 Å². The van der Waals surface area contributed by atoms with Gasteiger partial charge in [0.15, 0.2) is 5.78 Å². The topological polar surface area (TPSA) is 45.0 Å². The number of hydrogen-bond donors (Lipinski definition) is 0. The Morgan fingerprint density at radius 1 is 0.826 bits per heavy atom. The van der Waals surface area contributed by atoms with Crippen LogP contribution in [0.15, 0.2) is 58.8 Å². The molecule has 0 spiro atoms. The highest BCUT2D eigenvalue weighted by Gasteiger charge is 2.22. The number of anilines is 1. The van der Waals surface area contributed by atoms with Crippen molar-refractivity contribution < 1.29 is 4.79 Å². The van der Waals surface area contributed by atoms with Crippen molar-refractivity contribution in [3.05, 3.63) is 54.1 Å². The zero-order valence-electron chi connectivity index (χ0n) is 14.4. The molecule has 0 saturated carbocycles. The fourth-order valence-corrected chi connectivity index (χ4v) is 2.05. The van der Waals surface area contributed by atoms with Gasteiger partial charge in [-0.1, -0.05) is 20.8 Å². The van der Waals surface area contributed by atoms with Crippen LogP contribution in [0.1, 0.15) is 31.1 Å². The number of nitrogens with zero attached hydrogens (tertiary/aromatic N) is 3. The maximum Gasteiger partial charge on any atom is 0.168 e. The van der Waals surface area contributed by atoms with E-state index in [-0.39, 0.29) is 11.2 Å². The Balaban J connectivity index is 2.10. The summed E-state index contributed by atoms with van der Waals surface area (Å²) >= 11 is 0. The molecule has 0 aliphatic rings. The van der Waals surface area contributed by atoms with Crippen molar-refractivity contribution >= 4 is 22.8 Å². The molecule has 0 aliphatic heterocycles. The lowest BCUT2D eigenvalue weighted by Crippen LogP contribution is -2.19. The van der Waals surface area contributed by atoms with E-state index in [1.807, 2.05) is 76.2 Å². The van der Waals surface area contributed by atoms with Crippen LogP contribution in [0.25, 0.3) is 0 Å². The lowest BCUT2D eigenvalue weighted by Gasteiger charge is -2.16. The highest BCUT2D eigenvalue weighted by Crippen LogP contribution is 2.24. The van der Waals surface area contributed by atoms with Crippen LogP contribution in [-0.2, 0) is 0 Å². The summed E-state index contributed by atoms with van der Waals surface area (Å²) in [5, 5.41) is 8.44. The molecular weight excluding hydrogens is 286 g/mol. The maximum atomic E-state index is 12.2. The number of benzene rings is 2. The van der Waals surface area contributed by atoms with Crippen molar-refractivity contribution in [1.29, 1.82) is 0 Å². The smallest absolute Gasteiger partial charge is 0.168 e. The van der Waals surface area contributed by atoms with Gasteiger partial charge < -0.3 is 4.90 Å². The molecule has 0 aromatic heterocycles. The molecule has 0 amide bonds. The van der Waals surface area contributed by atoms with Crippen molar-refractivity contribution in [2.75, 3.05) is 19.0 Å². The van der Waals surface area contributed by atoms with Crippen LogP contribution >= 0.6 is 0 Å². The summed E-state index contributed by atoms with van der Waals surface area (Å²) in [6, 6.07) is 15.1. The van der Waals surface area contributed by atoms with E-state index >= 15 is 0 Å². The van der Waals surface area contributed by atoms with E-state index in [1.165, 1.54) is 0 Å². The number of azo groups is 1. The van der Waals surface area contributed by atoms with Gasteiger partial charge in [-0.15, -0.1) is 0 Å². The molecule has 2 rings (SSSR count). The number of Topliss-reactive ketones (excluding diaryl/α,β-unsaturated/α-hetero) is 1. The van der Waals surface area contributed by atoms with Gasteiger partial charge in [-0.25, -0.2) is 0 Å². The summed E-state index contributed by atoms with van der Waals surface area (Å²) < 4.78 is 0. The first-order valence-electron chi connectivity index (χ1n) is 7.61. The van der Waals surface area contributed by atoms with Crippen LogP contribution in [0.4, 0.5) is 17.1 Å². The number of carbonyl (C=O) groups is 1. The van der Waals surface area contributed by atoms with Crippen molar-refractivity contribution in [2.24, 2.45) is 15.6 Å². The van der Waals surface area contributed by atoms with Gasteiger partial charge in [-0.3, -0.25) is 4.79 Å². The van der Waals surface area contributed by atoms with Gasteiger partial charge in [-0.2, -0.15) is 10.2 Å². The predicted molar refractivity (Wildman–Crippen MR) is 95.2 cm³/mol. The molecular formula is C19H23N3O. The second-order valence-corrected chi connectivity index (χ2v) is 6.74. The van der Waals surface area contributed by atoms with Gasteiger partial charge in [0.05, 0.1) is 11.4 Å². The molecule has 23 heavy (non-hydrogen) atoms. The molecule has 0 heterocycles. The first-order chi connectivity index (χ1) is 10.8. The van der Waals surface area contributed by atoms with Crippen molar-refractivity contribution in [3.8, 4) is 0 Å². The minimum Gasteiger partial charge on any atom is -0.378 e. The Morgan fingerprint density at radius 2 is 1.26 bits per heavy atom. The Labute approximate surface area is 137 Å². The molecule has 0 radical (unpaired) electrons. The first-order valence-corrected chi connectivity index (χ1v) is 7.61. The third kappa shape index (κ3) is 4.49. The largest absolute Gasteiger partial charge is 0.378 e. The number of rotatable bonds is 4. The number of ketones is 1. The standard InChI is InChI=1S/C19H23N3O/c1-19(2,3)18(23)14-6-8-15(9-7-14)20-21-16-10-12-17(13-11-16)22(4)5/h6-13H,1-5H3/b21-20+. The van der Waals surface area contributed by atoms with Gasteiger partial charge in [0.1, 0.15) is 0 Å². The molecule has 120 valence electrons. The lowest BCUT2D eigenvalue weighted by atomic mass is 9.86. The highest BCUT2D eigenvalue weighted by molar-refractivity contribution is 5.99. The molecule has 0 unspecified atom stereocenters. The van der Waals surface area contributed by atoms with Crippen LogP contribution in [0, 0.1) is 5.41 Å². The van der Waals surface area contributed by atoms with E-state index in [9.17, 15) is 4.79 Å². The minimum atomic E-state index is -0.378. The molecule has 4 heteroatoms. The summed E-state index contributed by atoms with van der Waals surface area (Å²) in [6.45, 7) is 5.75. The van der Waals surface area contributed by atoms with E-state index in [0.717, 1.165) is 17.1 Å². The average molecular weight is 309 g/mol. The molecule has 0 fully saturated rings. The second-order valence-electron chi connectivity index (χ2n) is 6.74. The van der Waals surface area contributed by atoms with Gasteiger partial charge in [0.2, 0.25) is 0 Å². The third-order valence-corrected chi connectivity index (χ3v) is 3.46. The van der Waals surface area contributed by atoms with Crippen LogP contribution < -0.4 is 4.90 Å². The summed E-state index contributed by atoms with van der Waals surface area (Å²) in [6.07, 6.45) is 0. The van der Waals surface area contributed by atoms with Gasteiger partial charge in [0.25, 0.3) is 0 Å². The fourth-order valence-electron chi connectivity index (χ4n) is 2.05. The molecule has 2 aromatic carbocycles. The third-order valence-electron chi connectivity index (χ3n) is 3.46. The summed E-state index contributed by atoms with van der Waals surface area (Å²) in [4.78, 5) is 14.2. The normalized spacial score (nSPS) is 11.7. The predicted octanol–water partition coefficient (Wildman–Crippen LogP) is 5.40. The number of carbonyl (C=O) groups excluding carboxylic acids is 1. The van der Waals surface area contributed by atoms with E-state index in [4.69, 9.17) is 0 Å². The zero-order chi connectivity index (χ0) is 17.0. The van der Waals surface area contributed by atoms with Crippen LogP contribution in [0.3, 0.4) is 0 Å². The summed E-state index contributed by atoms with van der Waals surface area (Å²) in [5.74, 6) is 0.125. The molecule has 4 nitrogen and oxygen atoms in total. The molecule has 0 aliphatic carbocycles. The Morgan fingerprint density at radius 3 is 1.65 bits per heavy atom. The van der Waals surface area contributed by atoms with E-state index < -0.39 is 0 Å².